The van der Waals surface area contributed by atoms with Gasteiger partial charge in [-0.05, 0) is 48.0 Å². The number of cyclic esters (lactones) is 1. The number of ether oxygens (including phenoxy) is 2. The Balaban J connectivity index is 1.86. The van der Waals surface area contributed by atoms with Gasteiger partial charge in [0.25, 0.3) is 5.69 Å². The number of methoxy groups -OCH3 is 1. The van der Waals surface area contributed by atoms with Crippen molar-refractivity contribution < 1.29 is 19.2 Å². The molecule has 1 aliphatic heterocycles. The highest BCUT2D eigenvalue weighted by Crippen LogP contribution is 2.21. The molecule has 0 aliphatic carbocycles. The van der Waals surface area contributed by atoms with Crippen LogP contribution < -0.4 is 4.74 Å². The molecule has 0 radical (unpaired) electrons. The first-order chi connectivity index (χ1) is 11.6. The molecule has 0 bridgehead atoms. The quantitative estimate of drug-likeness (QED) is 0.373. The summed E-state index contributed by atoms with van der Waals surface area (Å²) in [6.07, 6.45) is 1.52. The van der Waals surface area contributed by atoms with Gasteiger partial charge in [0.1, 0.15) is 5.75 Å². The van der Waals surface area contributed by atoms with Crippen LogP contribution in [0, 0.1) is 10.1 Å². The molecule has 0 unspecified atom stereocenters. The molecule has 24 heavy (non-hydrogen) atoms. The zero-order valence-corrected chi connectivity index (χ0v) is 12.6. The fourth-order valence-electron chi connectivity index (χ4n) is 2.12. The molecule has 7 nitrogen and oxygen atoms in total. The Labute approximate surface area is 137 Å². The highest BCUT2D eigenvalue weighted by Gasteiger charge is 2.24. The summed E-state index contributed by atoms with van der Waals surface area (Å²) in [6, 6.07) is 12.8. The standard InChI is InChI=1S/C17H12N2O5/c1-23-14-8-4-12(5-9-14)16-18-15(17(20)24-16)10-11-2-6-13(7-3-11)19(21)22/h2-10H,1H3/b15-10+. The minimum absolute atomic E-state index is 0.0198. The van der Waals surface area contributed by atoms with Crippen molar-refractivity contribution >= 4 is 23.6 Å². The molecular formula is C17H12N2O5. The minimum Gasteiger partial charge on any atom is -0.497 e. The summed E-state index contributed by atoms with van der Waals surface area (Å²) in [5, 5.41) is 10.6. The molecule has 2 aromatic carbocycles. The van der Waals surface area contributed by atoms with Gasteiger partial charge in [0.15, 0.2) is 5.70 Å². The van der Waals surface area contributed by atoms with Crippen molar-refractivity contribution in [1.29, 1.82) is 0 Å². The van der Waals surface area contributed by atoms with Crippen molar-refractivity contribution in [3.63, 3.8) is 0 Å². The van der Waals surface area contributed by atoms with Crippen LogP contribution in [0.15, 0.2) is 59.2 Å². The molecule has 0 saturated heterocycles. The van der Waals surface area contributed by atoms with E-state index in [1.807, 2.05) is 0 Å². The number of hydrogen-bond donors (Lipinski definition) is 0. The molecule has 3 rings (SSSR count). The monoisotopic (exact) mass is 324 g/mol. The number of aliphatic imine (C=N–C) groups is 1. The van der Waals surface area contributed by atoms with E-state index in [1.54, 1.807) is 43.5 Å². The molecule has 0 N–H and O–H groups in total. The maximum atomic E-state index is 11.9. The lowest BCUT2D eigenvalue weighted by Gasteiger charge is -2.01. The van der Waals surface area contributed by atoms with Crippen LogP contribution >= 0.6 is 0 Å². The molecule has 0 fully saturated rings. The Kier molecular flexibility index (Phi) is 4.07. The third kappa shape index (κ3) is 3.14. The number of nitro groups is 1. The molecule has 0 amide bonds. The van der Waals surface area contributed by atoms with Gasteiger partial charge in [0, 0.05) is 17.7 Å². The predicted octanol–water partition coefficient (Wildman–Crippen LogP) is 2.95. The average molecular weight is 324 g/mol. The number of hydrogen-bond acceptors (Lipinski definition) is 6. The van der Waals surface area contributed by atoms with Crippen molar-refractivity contribution in [2.24, 2.45) is 4.99 Å². The summed E-state index contributed by atoms with van der Waals surface area (Å²) in [4.78, 5) is 26.3. The molecule has 1 aliphatic rings. The second kappa shape index (κ2) is 6.33. The molecule has 0 saturated carbocycles. The largest absolute Gasteiger partial charge is 0.497 e. The second-order valence-corrected chi connectivity index (χ2v) is 4.91. The molecular weight excluding hydrogens is 312 g/mol. The van der Waals surface area contributed by atoms with E-state index < -0.39 is 10.9 Å². The molecule has 0 spiro atoms. The zero-order valence-electron chi connectivity index (χ0n) is 12.6. The number of rotatable bonds is 4. The molecule has 0 aromatic heterocycles. The molecule has 0 atom stereocenters. The van der Waals surface area contributed by atoms with E-state index in [-0.39, 0.29) is 17.3 Å². The number of carbonyl (C=O) groups excluding carboxylic acids is 1. The van der Waals surface area contributed by atoms with E-state index in [0.717, 1.165) is 0 Å². The van der Waals surface area contributed by atoms with E-state index in [9.17, 15) is 14.9 Å². The van der Waals surface area contributed by atoms with E-state index in [2.05, 4.69) is 4.99 Å². The number of non-ortho nitro benzene ring substituents is 1. The van der Waals surface area contributed by atoms with Crippen LogP contribution in [0.25, 0.3) is 6.08 Å². The Morgan fingerprint density at radius 3 is 2.38 bits per heavy atom. The van der Waals surface area contributed by atoms with Crippen molar-refractivity contribution in [1.82, 2.24) is 0 Å². The smallest absolute Gasteiger partial charge is 0.363 e. The van der Waals surface area contributed by atoms with Crippen LogP contribution in [0.4, 0.5) is 5.69 Å². The van der Waals surface area contributed by atoms with Gasteiger partial charge < -0.3 is 9.47 Å². The molecule has 2 aromatic rings. The van der Waals surface area contributed by atoms with Crippen molar-refractivity contribution in [3.8, 4) is 5.75 Å². The topological polar surface area (TPSA) is 91.0 Å². The summed E-state index contributed by atoms with van der Waals surface area (Å²) in [6.45, 7) is 0. The van der Waals surface area contributed by atoms with Crippen molar-refractivity contribution in [2.45, 2.75) is 0 Å². The first-order valence-electron chi connectivity index (χ1n) is 6.98. The molecule has 7 heteroatoms. The fourth-order valence-corrected chi connectivity index (χ4v) is 2.12. The van der Waals surface area contributed by atoms with Gasteiger partial charge in [-0.1, -0.05) is 0 Å². The highest BCUT2D eigenvalue weighted by atomic mass is 16.6. The summed E-state index contributed by atoms with van der Waals surface area (Å²) in [5.41, 5.74) is 1.38. The van der Waals surface area contributed by atoms with Gasteiger partial charge in [0.05, 0.1) is 12.0 Å². The Morgan fingerprint density at radius 2 is 1.79 bits per heavy atom. The van der Waals surface area contributed by atoms with Crippen LogP contribution in [0.3, 0.4) is 0 Å². The normalized spacial score (nSPS) is 15.1. The Bertz CT molecular complexity index is 852. The Hall–Kier alpha value is -3.48. The summed E-state index contributed by atoms with van der Waals surface area (Å²) in [5.74, 6) is 0.320. The van der Waals surface area contributed by atoms with Crippen LogP contribution in [-0.2, 0) is 9.53 Å². The summed E-state index contributed by atoms with van der Waals surface area (Å²) < 4.78 is 10.2. The van der Waals surface area contributed by atoms with Crippen LogP contribution in [-0.4, -0.2) is 23.9 Å². The van der Waals surface area contributed by atoms with Crippen LogP contribution in [0.1, 0.15) is 11.1 Å². The van der Waals surface area contributed by atoms with E-state index >= 15 is 0 Å². The lowest BCUT2D eigenvalue weighted by atomic mass is 10.2. The van der Waals surface area contributed by atoms with E-state index in [4.69, 9.17) is 9.47 Å². The third-order valence-electron chi connectivity index (χ3n) is 3.36. The first-order valence-corrected chi connectivity index (χ1v) is 6.98. The molecule has 1 heterocycles. The van der Waals surface area contributed by atoms with Crippen LogP contribution in [0.2, 0.25) is 0 Å². The minimum atomic E-state index is -0.570. The van der Waals surface area contributed by atoms with Crippen LogP contribution in [0.5, 0.6) is 5.75 Å². The number of benzene rings is 2. The number of esters is 1. The van der Waals surface area contributed by atoms with Gasteiger partial charge in [-0.15, -0.1) is 0 Å². The summed E-state index contributed by atoms with van der Waals surface area (Å²) in [7, 11) is 1.56. The predicted molar refractivity (Wildman–Crippen MR) is 86.7 cm³/mol. The lowest BCUT2D eigenvalue weighted by molar-refractivity contribution is -0.384. The zero-order chi connectivity index (χ0) is 17.1. The van der Waals surface area contributed by atoms with Gasteiger partial charge in [-0.2, -0.15) is 0 Å². The first kappa shape index (κ1) is 15.4. The SMILES string of the molecule is COc1ccc(C2=N/C(=C/c3ccc([N+](=O)[O-])cc3)C(=O)O2)cc1. The van der Waals surface area contributed by atoms with E-state index in [1.165, 1.54) is 18.2 Å². The number of carbonyl (C=O) groups is 1. The van der Waals surface area contributed by atoms with E-state index in [0.29, 0.717) is 16.9 Å². The van der Waals surface area contributed by atoms with Gasteiger partial charge >= 0.3 is 5.97 Å². The number of nitro benzene ring substituents is 1. The summed E-state index contributed by atoms with van der Waals surface area (Å²) >= 11 is 0. The maximum Gasteiger partial charge on any atom is 0.363 e. The fraction of sp³-hybridized carbons (Fsp3) is 0.0588. The second-order valence-electron chi connectivity index (χ2n) is 4.91. The molecule has 120 valence electrons. The van der Waals surface area contributed by atoms with Crippen molar-refractivity contribution in [3.05, 3.63) is 75.5 Å². The van der Waals surface area contributed by atoms with Gasteiger partial charge in [-0.25, -0.2) is 9.79 Å². The lowest BCUT2D eigenvalue weighted by Crippen LogP contribution is -2.05. The highest BCUT2D eigenvalue weighted by molar-refractivity contribution is 6.12. The average Bonchev–Trinajstić information content (AvgIpc) is 2.96. The van der Waals surface area contributed by atoms with Gasteiger partial charge in [-0.3, -0.25) is 10.1 Å². The third-order valence-corrected chi connectivity index (χ3v) is 3.36. The van der Waals surface area contributed by atoms with Gasteiger partial charge in [0.2, 0.25) is 5.90 Å². The van der Waals surface area contributed by atoms with Crippen molar-refractivity contribution in [2.75, 3.05) is 7.11 Å². The Morgan fingerprint density at radius 1 is 1.12 bits per heavy atom. The number of nitrogens with zero attached hydrogens (tertiary/aromatic N) is 2. The maximum absolute atomic E-state index is 11.9.